The number of amides is 3. The first-order chi connectivity index (χ1) is 29.8. The number of carboxylic acids is 2. The maximum atomic E-state index is 14.4. The summed E-state index contributed by atoms with van der Waals surface area (Å²) in [5.74, 6) is -7.31. The summed E-state index contributed by atoms with van der Waals surface area (Å²) in [6.07, 6.45) is -1.63. The molecule has 0 aliphatic carbocycles. The smallest absolute Gasteiger partial charge is 0.507 e. The predicted molar refractivity (Wildman–Crippen MR) is 217 cm³/mol. The SMILES string of the molecule is C[C@H](c1nc2ncccc2c(=O)n1-c1cc(SC[C@H](NC(=O)[C@@H](N)CCC(=O)O)C(=O)NCC(=O)O)c(O)cc1O)N(Cc1cccnc1)C(=O)Cc1ccc(OC(F)(F)F)cc1. The number of aliphatic carboxylic acids is 2. The van der Waals surface area contributed by atoms with Gasteiger partial charge in [-0.2, -0.15) is 0 Å². The predicted octanol–water partition coefficient (Wildman–Crippen LogP) is 2.79. The first kappa shape index (κ1) is 46.8. The van der Waals surface area contributed by atoms with Crippen molar-refractivity contribution in [3.63, 3.8) is 0 Å². The molecule has 3 aromatic heterocycles. The molecule has 5 rings (SSSR count). The van der Waals surface area contributed by atoms with Crippen molar-refractivity contribution in [1.82, 2.24) is 35.1 Å². The van der Waals surface area contributed by atoms with Crippen LogP contribution in [0.1, 0.15) is 42.8 Å². The second-order valence-electron chi connectivity index (χ2n) is 13.7. The Morgan fingerprint density at radius 3 is 2.32 bits per heavy atom. The van der Waals surface area contributed by atoms with Crippen LogP contribution in [-0.2, 0) is 36.9 Å². The van der Waals surface area contributed by atoms with Gasteiger partial charge in [-0.25, -0.2) is 9.97 Å². The third kappa shape index (κ3) is 12.6. The van der Waals surface area contributed by atoms with Gasteiger partial charge in [-0.15, -0.1) is 24.9 Å². The first-order valence-corrected chi connectivity index (χ1v) is 19.7. The Bertz CT molecular complexity index is 2550. The zero-order valence-corrected chi connectivity index (χ0v) is 33.8. The lowest BCUT2D eigenvalue weighted by Crippen LogP contribution is -2.53. The number of benzene rings is 2. The van der Waals surface area contributed by atoms with Crippen LogP contribution in [-0.4, -0.2) is 105 Å². The molecule has 3 amide bonds. The van der Waals surface area contributed by atoms with Crippen LogP contribution in [0.4, 0.5) is 13.2 Å². The molecule has 332 valence electrons. The summed E-state index contributed by atoms with van der Waals surface area (Å²) in [5.41, 5.74) is 5.61. The molecule has 0 fully saturated rings. The highest BCUT2D eigenvalue weighted by Gasteiger charge is 2.32. The van der Waals surface area contributed by atoms with Gasteiger partial charge in [-0.3, -0.25) is 38.3 Å². The van der Waals surface area contributed by atoms with E-state index in [1.54, 1.807) is 19.1 Å². The number of aromatic nitrogens is 4. The van der Waals surface area contributed by atoms with Crippen LogP contribution in [0.2, 0.25) is 0 Å². The zero-order chi connectivity index (χ0) is 46.0. The summed E-state index contributed by atoms with van der Waals surface area (Å²) >= 11 is 0.739. The molecule has 0 aliphatic heterocycles. The van der Waals surface area contributed by atoms with E-state index < -0.39 is 95.7 Å². The number of rotatable bonds is 19. The molecule has 0 saturated carbocycles. The second-order valence-corrected chi connectivity index (χ2v) is 14.8. The fourth-order valence-electron chi connectivity index (χ4n) is 6.08. The van der Waals surface area contributed by atoms with Crippen molar-refractivity contribution in [2.75, 3.05) is 12.3 Å². The highest BCUT2D eigenvalue weighted by Crippen LogP contribution is 2.38. The van der Waals surface area contributed by atoms with Gasteiger partial charge in [0.2, 0.25) is 17.7 Å². The number of hydrogen-bond acceptors (Lipinski definition) is 14. The average molecular weight is 897 g/mol. The molecule has 8 N–H and O–H groups in total. The Kier molecular flexibility index (Phi) is 15.2. The number of nitrogens with two attached hydrogens (primary N) is 1. The Morgan fingerprint density at radius 1 is 0.952 bits per heavy atom. The van der Waals surface area contributed by atoms with E-state index in [1.807, 2.05) is 0 Å². The van der Waals surface area contributed by atoms with E-state index in [2.05, 4.69) is 30.3 Å². The molecule has 0 unspecified atom stereocenters. The molecule has 19 nitrogen and oxygen atoms in total. The molecule has 0 bridgehead atoms. The maximum absolute atomic E-state index is 14.4. The monoisotopic (exact) mass is 896 g/mol. The third-order valence-electron chi connectivity index (χ3n) is 9.17. The van der Waals surface area contributed by atoms with Crippen molar-refractivity contribution >= 4 is 52.5 Å². The fourth-order valence-corrected chi connectivity index (χ4v) is 7.06. The molecular weight excluding hydrogens is 858 g/mol. The summed E-state index contributed by atoms with van der Waals surface area (Å²) < 4.78 is 43.3. The normalized spacial score (nSPS) is 12.8. The van der Waals surface area contributed by atoms with E-state index in [-0.39, 0.29) is 46.8 Å². The molecule has 0 spiro atoms. The molecule has 0 aliphatic rings. The number of phenolic OH excluding ortho intramolecular Hbond substituents is 2. The Hall–Kier alpha value is -7.27. The number of nitrogens with zero attached hydrogens (tertiary/aromatic N) is 5. The number of ether oxygens (including phenoxy) is 1. The van der Waals surface area contributed by atoms with E-state index in [4.69, 9.17) is 15.9 Å². The van der Waals surface area contributed by atoms with E-state index >= 15 is 0 Å². The minimum absolute atomic E-state index is 0.0152. The maximum Gasteiger partial charge on any atom is 0.573 e. The lowest BCUT2D eigenvalue weighted by molar-refractivity contribution is -0.274. The summed E-state index contributed by atoms with van der Waals surface area (Å²) in [6.45, 7) is 0.602. The van der Waals surface area contributed by atoms with E-state index in [9.17, 15) is 52.2 Å². The fraction of sp³-hybridized carbons (Fsp3) is 0.275. The van der Waals surface area contributed by atoms with Crippen LogP contribution in [0.5, 0.6) is 17.2 Å². The van der Waals surface area contributed by atoms with Gasteiger partial charge in [0.15, 0.2) is 5.65 Å². The quantitative estimate of drug-likeness (QED) is 0.0587. The third-order valence-corrected chi connectivity index (χ3v) is 10.3. The lowest BCUT2D eigenvalue weighted by Gasteiger charge is -2.31. The van der Waals surface area contributed by atoms with Crippen LogP contribution in [0.25, 0.3) is 16.7 Å². The summed E-state index contributed by atoms with van der Waals surface area (Å²) in [4.78, 5) is 91.0. The van der Waals surface area contributed by atoms with Crippen molar-refractivity contribution < 1.29 is 62.3 Å². The van der Waals surface area contributed by atoms with Gasteiger partial charge in [0.05, 0.1) is 34.5 Å². The molecule has 0 saturated heterocycles. The summed E-state index contributed by atoms with van der Waals surface area (Å²) in [6, 6.07) is 8.97. The van der Waals surface area contributed by atoms with Crippen molar-refractivity contribution in [3.8, 4) is 22.9 Å². The topological polar surface area (TPSA) is 289 Å². The Morgan fingerprint density at radius 2 is 1.67 bits per heavy atom. The number of thioether (sulfide) groups is 1. The van der Waals surface area contributed by atoms with Gasteiger partial charge < -0.3 is 46.4 Å². The van der Waals surface area contributed by atoms with E-state index in [1.165, 1.54) is 53.8 Å². The molecule has 3 heterocycles. The average Bonchev–Trinajstić information content (AvgIpc) is 3.23. The number of pyridine rings is 2. The number of halogens is 3. The van der Waals surface area contributed by atoms with Crippen molar-refractivity contribution in [2.24, 2.45) is 5.73 Å². The number of phenols is 2. The molecule has 0 radical (unpaired) electrons. The number of carbonyl (C=O) groups is 5. The van der Waals surface area contributed by atoms with Gasteiger partial charge in [0.25, 0.3) is 5.56 Å². The van der Waals surface area contributed by atoms with Gasteiger partial charge in [-0.05, 0) is 60.9 Å². The van der Waals surface area contributed by atoms with E-state index in [0.29, 0.717) is 11.1 Å². The van der Waals surface area contributed by atoms with Crippen molar-refractivity contribution in [2.45, 2.75) is 62.1 Å². The molecule has 2 aromatic carbocycles. The minimum Gasteiger partial charge on any atom is -0.507 e. The van der Waals surface area contributed by atoms with Gasteiger partial charge in [0.1, 0.15) is 35.7 Å². The summed E-state index contributed by atoms with van der Waals surface area (Å²) in [7, 11) is 0. The zero-order valence-electron chi connectivity index (χ0n) is 33.0. The number of alkyl halides is 3. The summed E-state index contributed by atoms with van der Waals surface area (Å²) in [5, 5.41) is 44.9. The van der Waals surface area contributed by atoms with Crippen LogP contribution in [0.3, 0.4) is 0 Å². The molecule has 5 aromatic rings. The molecule has 23 heteroatoms. The van der Waals surface area contributed by atoms with Crippen LogP contribution < -0.4 is 26.7 Å². The Labute approximate surface area is 358 Å². The van der Waals surface area contributed by atoms with Crippen molar-refractivity contribution in [3.05, 3.63) is 107 Å². The van der Waals surface area contributed by atoms with Crippen LogP contribution in [0.15, 0.2) is 88.9 Å². The highest BCUT2D eigenvalue weighted by molar-refractivity contribution is 7.99. The first-order valence-electron chi connectivity index (χ1n) is 18.7. The molecule has 3 atom stereocenters. The van der Waals surface area contributed by atoms with Crippen molar-refractivity contribution in [1.29, 1.82) is 0 Å². The van der Waals surface area contributed by atoms with Crippen LogP contribution in [0, 0.1) is 0 Å². The van der Waals surface area contributed by atoms with Gasteiger partial charge in [-0.1, -0.05) is 18.2 Å². The Balaban J connectivity index is 1.55. The van der Waals surface area contributed by atoms with Gasteiger partial charge in [0, 0.05) is 43.4 Å². The number of carbonyl (C=O) groups excluding carboxylic acids is 3. The standard InChI is InChI=1S/C40H39F3N8O11S/c1-21(50(19-23-4-2-12-45-17-23)32(54)14-22-6-8-24(9-7-22)62-40(41,42)43)36-49-35-25(5-3-13-46-35)39(61)51(36)28-15-31(30(53)16-29(28)52)63-20-27(38(60)47-18-34(57)58)48-37(59)26(44)10-11-33(55)56/h2-9,12-13,15-17,21,26-27,52-53H,10-11,14,18-20,44H2,1H3,(H,47,60)(H,48,59)(H,55,56)(H,57,58)/t21-,26+,27+/m1/s1. The lowest BCUT2D eigenvalue weighted by atomic mass is 10.1. The number of fused-ring (bicyclic) bond motifs is 1. The second kappa shape index (κ2) is 20.5. The minimum atomic E-state index is -4.93. The largest absolute Gasteiger partial charge is 0.573 e. The van der Waals surface area contributed by atoms with Crippen LogP contribution >= 0.6 is 11.8 Å². The number of carboxylic acid groups (broad SMARTS) is 2. The van der Waals surface area contributed by atoms with Gasteiger partial charge >= 0.3 is 18.3 Å². The number of hydrogen-bond donors (Lipinski definition) is 7. The molecular formula is C40H39F3N8O11S. The number of aromatic hydroxyl groups is 2. The molecule has 63 heavy (non-hydrogen) atoms. The van der Waals surface area contributed by atoms with E-state index in [0.717, 1.165) is 34.5 Å². The highest BCUT2D eigenvalue weighted by atomic mass is 32.2. The number of nitrogens with one attached hydrogen (secondary N) is 2.